The number of hydrogen-bond acceptors (Lipinski definition) is 5. The SMILES string of the molecule is COCCN(c1nc[nH]c(=O)c1Cl)C(C)COC. The maximum atomic E-state index is 11.5. The average Bonchev–Trinajstić information content (AvgIpc) is 2.35. The average molecular weight is 276 g/mol. The monoisotopic (exact) mass is 275 g/mol. The van der Waals surface area contributed by atoms with E-state index < -0.39 is 0 Å². The Labute approximate surface area is 111 Å². The van der Waals surface area contributed by atoms with Crippen LogP contribution < -0.4 is 10.5 Å². The van der Waals surface area contributed by atoms with E-state index in [9.17, 15) is 4.79 Å². The van der Waals surface area contributed by atoms with Gasteiger partial charge in [-0.3, -0.25) is 4.79 Å². The number of methoxy groups -OCH3 is 2. The van der Waals surface area contributed by atoms with Gasteiger partial charge in [0.25, 0.3) is 5.56 Å². The molecule has 0 saturated carbocycles. The summed E-state index contributed by atoms with van der Waals surface area (Å²) in [6.07, 6.45) is 1.34. The number of anilines is 1. The van der Waals surface area contributed by atoms with Crippen LogP contribution in [0.15, 0.2) is 11.1 Å². The van der Waals surface area contributed by atoms with Crippen molar-refractivity contribution in [2.45, 2.75) is 13.0 Å². The molecule has 18 heavy (non-hydrogen) atoms. The summed E-state index contributed by atoms with van der Waals surface area (Å²) in [6.45, 7) is 3.57. The van der Waals surface area contributed by atoms with E-state index in [0.717, 1.165) is 0 Å². The molecule has 0 spiro atoms. The van der Waals surface area contributed by atoms with Gasteiger partial charge in [0.05, 0.1) is 25.6 Å². The van der Waals surface area contributed by atoms with Gasteiger partial charge in [0, 0.05) is 20.8 Å². The molecule has 0 saturated heterocycles. The maximum absolute atomic E-state index is 11.5. The number of ether oxygens (including phenoxy) is 2. The van der Waals surface area contributed by atoms with E-state index in [1.54, 1.807) is 14.2 Å². The lowest BCUT2D eigenvalue weighted by atomic mass is 10.3. The quantitative estimate of drug-likeness (QED) is 0.801. The maximum Gasteiger partial charge on any atom is 0.271 e. The second-order valence-corrected chi connectivity index (χ2v) is 4.24. The van der Waals surface area contributed by atoms with Crippen LogP contribution in [0.1, 0.15) is 6.92 Å². The molecular formula is C11H18ClN3O3. The lowest BCUT2D eigenvalue weighted by molar-refractivity contribution is 0.170. The van der Waals surface area contributed by atoms with Gasteiger partial charge in [-0.1, -0.05) is 11.6 Å². The molecule has 102 valence electrons. The molecule has 0 bridgehead atoms. The minimum Gasteiger partial charge on any atom is -0.383 e. The summed E-state index contributed by atoms with van der Waals surface area (Å²) in [5.41, 5.74) is -0.353. The van der Waals surface area contributed by atoms with Gasteiger partial charge in [0.1, 0.15) is 5.02 Å². The van der Waals surface area contributed by atoms with E-state index in [2.05, 4.69) is 9.97 Å². The summed E-state index contributed by atoms with van der Waals surface area (Å²) in [5, 5.41) is 0.0801. The molecule has 0 aliphatic heterocycles. The van der Waals surface area contributed by atoms with Crippen molar-refractivity contribution >= 4 is 17.4 Å². The molecule has 1 rings (SSSR count). The van der Waals surface area contributed by atoms with Gasteiger partial charge < -0.3 is 19.4 Å². The van der Waals surface area contributed by atoms with Gasteiger partial charge in [-0.2, -0.15) is 0 Å². The van der Waals surface area contributed by atoms with E-state index in [4.69, 9.17) is 21.1 Å². The lowest BCUT2D eigenvalue weighted by Gasteiger charge is -2.29. The number of aromatic nitrogens is 2. The Balaban J connectivity index is 3.00. The highest BCUT2D eigenvalue weighted by Crippen LogP contribution is 2.20. The number of nitrogens with zero attached hydrogens (tertiary/aromatic N) is 2. The Morgan fingerprint density at radius 1 is 1.50 bits per heavy atom. The first-order valence-corrected chi connectivity index (χ1v) is 5.97. The fourth-order valence-corrected chi connectivity index (χ4v) is 1.84. The third-order valence-electron chi connectivity index (χ3n) is 2.53. The van der Waals surface area contributed by atoms with Crippen LogP contribution in [0.2, 0.25) is 5.02 Å². The van der Waals surface area contributed by atoms with E-state index >= 15 is 0 Å². The van der Waals surface area contributed by atoms with Gasteiger partial charge in [-0.05, 0) is 6.92 Å². The van der Waals surface area contributed by atoms with Crippen molar-refractivity contribution in [2.75, 3.05) is 38.9 Å². The molecular weight excluding hydrogens is 258 g/mol. The third-order valence-corrected chi connectivity index (χ3v) is 2.87. The smallest absolute Gasteiger partial charge is 0.271 e. The van der Waals surface area contributed by atoms with Crippen LogP contribution in [0.5, 0.6) is 0 Å². The standard InChI is InChI=1S/C11H18ClN3O3/c1-8(6-18-3)15(4-5-17-2)10-9(12)11(16)14-7-13-10/h7-8H,4-6H2,1-3H3,(H,13,14,16). The topological polar surface area (TPSA) is 67.5 Å². The molecule has 0 fully saturated rings. The fourth-order valence-electron chi connectivity index (χ4n) is 1.63. The summed E-state index contributed by atoms with van der Waals surface area (Å²) in [7, 11) is 3.24. The highest BCUT2D eigenvalue weighted by Gasteiger charge is 2.19. The Morgan fingerprint density at radius 3 is 2.83 bits per heavy atom. The summed E-state index contributed by atoms with van der Waals surface area (Å²) in [5.74, 6) is 0.446. The number of rotatable bonds is 7. The second kappa shape index (κ2) is 7.35. The van der Waals surface area contributed by atoms with E-state index in [0.29, 0.717) is 25.6 Å². The van der Waals surface area contributed by atoms with Crippen LogP contribution in [0.25, 0.3) is 0 Å². The van der Waals surface area contributed by atoms with Crippen molar-refractivity contribution in [3.8, 4) is 0 Å². The zero-order chi connectivity index (χ0) is 13.5. The molecule has 1 aromatic heterocycles. The molecule has 7 heteroatoms. The van der Waals surface area contributed by atoms with Crippen LogP contribution in [-0.4, -0.2) is 50.0 Å². The molecule has 0 radical (unpaired) electrons. The number of halogens is 1. The van der Waals surface area contributed by atoms with Crippen LogP contribution in [0.4, 0.5) is 5.82 Å². The van der Waals surface area contributed by atoms with Gasteiger partial charge in [-0.15, -0.1) is 0 Å². The Morgan fingerprint density at radius 2 is 2.22 bits per heavy atom. The predicted octanol–water partition coefficient (Wildman–Crippen LogP) is 0.911. The highest BCUT2D eigenvalue weighted by atomic mass is 35.5. The van der Waals surface area contributed by atoms with Crippen molar-refractivity contribution in [3.63, 3.8) is 0 Å². The van der Waals surface area contributed by atoms with Crippen molar-refractivity contribution in [1.29, 1.82) is 0 Å². The number of H-pyrrole nitrogens is 1. The molecule has 1 aromatic rings. The summed E-state index contributed by atoms with van der Waals surface area (Å²) >= 11 is 5.98. The van der Waals surface area contributed by atoms with Gasteiger partial charge >= 0.3 is 0 Å². The van der Waals surface area contributed by atoms with E-state index in [1.165, 1.54) is 6.33 Å². The van der Waals surface area contributed by atoms with Crippen molar-refractivity contribution in [3.05, 3.63) is 21.7 Å². The molecule has 1 unspecified atom stereocenters. The largest absolute Gasteiger partial charge is 0.383 e. The first-order chi connectivity index (χ1) is 8.61. The lowest BCUT2D eigenvalue weighted by Crippen LogP contribution is -2.40. The molecule has 1 heterocycles. The molecule has 0 aromatic carbocycles. The van der Waals surface area contributed by atoms with Crippen molar-refractivity contribution in [2.24, 2.45) is 0 Å². The molecule has 0 amide bonds. The van der Waals surface area contributed by atoms with Gasteiger partial charge in [0.2, 0.25) is 0 Å². The van der Waals surface area contributed by atoms with E-state index in [-0.39, 0.29) is 16.6 Å². The second-order valence-electron chi connectivity index (χ2n) is 3.86. The first-order valence-electron chi connectivity index (χ1n) is 5.59. The minimum absolute atomic E-state index is 0.0388. The zero-order valence-corrected chi connectivity index (χ0v) is 11.5. The molecule has 6 nitrogen and oxygen atoms in total. The Bertz CT molecular complexity index is 424. The fraction of sp³-hybridized carbons (Fsp3) is 0.636. The zero-order valence-electron chi connectivity index (χ0n) is 10.8. The third kappa shape index (κ3) is 3.69. The molecule has 0 aliphatic rings. The van der Waals surface area contributed by atoms with Crippen LogP contribution in [0, 0.1) is 0 Å². The van der Waals surface area contributed by atoms with Gasteiger partial charge in [0.15, 0.2) is 5.82 Å². The molecule has 1 atom stereocenters. The molecule has 1 N–H and O–H groups in total. The summed E-state index contributed by atoms with van der Waals surface area (Å²) in [6, 6.07) is 0.0388. The van der Waals surface area contributed by atoms with Crippen molar-refractivity contribution in [1.82, 2.24) is 9.97 Å². The first kappa shape index (κ1) is 14.9. The normalized spacial score (nSPS) is 12.4. The van der Waals surface area contributed by atoms with Crippen molar-refractivity contribution < 1.29 is 9.47 Å². The number of hydrogen-bond donors (Lipinski definition) is 1. The molecule has 0 aliphatic carbocycles. The van der Waals surface area contributed by atoms with Crippen LogP contribution >= 0.6 is 11.6 Å². The predicted molar refractivity (Wildman–Crippen MR) is 70.4 cm³/mol. The Kier molecular flexibility index (Phi) is 6.11. The van der Waals surface area contributed by atoms with E-state index in [1.807, 2.05) is 11.8 Å². The number of aromatic amines is 1. The minimum atomic E-state index is -0.353. The number of nitrogens with one attached hydrogen (secondary N) is 1. The Hall–Kier alpha value is -1.11. The van der Waals surface area contributed by atoms with Gasteiger partial charge in [-0.25, -0.2) is 4.98 Å². The summed E-state index contributed by atoms with van der Waals surface area (Å²) in [4.78, 5) is 19.9. The van der Waals surface area contributed by atoms with Crippen LogP contribution in [0.3, 0.4) is 0 Å². The summed E-state index contributed by atoms with van der Waals surface area (Å²) < 4.78 is 10.2. The van der Waals surface area contributed by atoms with Crippen LogP contribution in [-0.2, 0) is 9.47 Å². The highest BCUT2D eigenvalue weighted by molar-refractivity contribution is 6.32.